The van der Waals surface area contributed by atoms with Crippen LogP contribution in [0, 0.1) is 5.92 Å². The molecule has 3 nitrogen and oxygen atoms in total. The number of hydrogen-bond acceptors (Lipinski definition) is 2. The lowest BCUT2D eigenvalue weighted by molar-refractivity contribution is -0.129. The topological polar surface area (TPSA) is 55.1 Å². The van der Waals surface area contributed by atoms with Gasteiger partial charge in [0.05, 0.1) is 5.54 Å². The number of carbonyl (C=O) groups excluding carboxylic acids is 1. The highest BCUT2D eigenvalue weighted by Crippen LogP contribution is 2.35. The second kappa shape index (κ2) is 2.98. The van der Waals surface area contributed by atoms with E-state index in [4.69, 9.17) is 5.73 Å². The quantitative estimate of drug-likeness (QED) is 0.677. The lowest BCUT2D eigenvalue weighted by atomic mass is 9.77. The smallest absolute Gasteiger partial charge is 0.240 e. The summed E-state index contributed by atoms with van der Waals surface area (Å²) in [5, 5.41) is 3.03. The van der Waals surface area contributed by atoms with Crippen LogP contribution >= 0.6 is 0 Å². The number of carbonyl (C=O) groups is 1. The van der Waals surface area contributed by atoms with Gasteiger partial charge in [0, 0.05) is 6.04 Å². The van der Waals surface area contributed by atoms with Gasteiger partial charge >= 0.3 is 0 Å². The van der Waals surface area contributed by atoms with Crippen molar-refractivity contribution < 1.29 is 4.79 Å². The molecule has 3 heteroatoms. The average Bonchev–Trinajstić information content (AvgIpc) is 2.79. The van der Waals surface area contributed by atoms with E-state index in [0.29, 0.717) is 12.0 Å². The summed E-state index contributed by atoms with van der Waals surface area (Å²) >= 11 is 0. The summed E-state index contributed by atoms with van der Waals surface area (Å²) in [6.07, 6.45) is 5.15. The molecule has 0 spiro atoms. The van der Waals surface area contributed by atoms with Crippen LogP contribution in [0.15, 0.2) is 0 Å². The fourth-order valence-electron chi connectivity index (χ4n) is 1.97. The second-order valence-corrected chi connectivity index (χ2v) is 4.49. The molecule has 2 rings (SSSR count). The molecule has 2 saturated carbocycles. The van der Waals surface area contributed by atoms with Crippen LogP contribution in [0.3, 0.4) is 0 Å². The minimum Gasteiger partial charge on any atom is -0.351 e. The van der Waals surface area contributed by atoms with Gasteiger partial charge in [0.1, 0.15) is 0 Å². The van der Waals surface area contributed by atoms with Gasteiger partial charge < -0.3 is 11.1 Å². The van der Waals surface area contributed by atoms with Gasteiger partial charge in [0.25, 0.3) is 0 Å². The highest BCUT2D eigenvalue weighted by molar-refractivity contribution is 5.87. The first kappa shape index (κ1) is 9.00. The first-order valence-corrected chi connectivity index (χ1v) is 5.25. The molecule has 13 heavy (non-hydrogen) atoms. The van der Waals surface area contributed by atoms with Crippen LogP contribution in [-0.4, -0.2) is 17.5 Å². The predicted octanol–water partition coefficient (Wildman–Crippen LogP) is 0.782. The van der Waals surface area contributed by atoms with Gasteiger partial charge in [-0.05, 0) is 31.6 Å². The highest BCUT2D eigenvalue weighted by Gasteiger charge is 2.44. The van der Waals surface area contributed by atoms with Crippen LogP contribution in [-0.2, 0) is 4.79 Å². The molecule has 3 N–H and O–H groups in total. The van der Waals surface area contributed by atoms with E-state index >= 15 is 0 Å². The maximum atomic E-state index is 11.6. The zero-order valence-corrected chi connectivity index (χ0v) is 8.18. The number of amides is 1. The predicted molar refractivity (Wildman–Crippen MR) is 51.1 cm³/mol. The van der Waals surface area contributed by atoms with E-state index < -0.39 is 5.54 Å². The first-order chi connectivity index (χ1) is 6.15. The zero-order valence-electron chi connectivity index (χ0n) is 8.18. The van der Waals surface area contributed by atoms with Crippen molar-refractivity contribution in [3.63, 3.8) is 0 Å². The Bertz CT molecular complexity index is 223. The highest BCUT2D eigenvalue weighted by atomic mass is 16.2. The van der Waals surface area contributed by atoms with Crippen molar-refractivity contribution in [2.24, 2.45) is 11.7 Å². The Hall–Kier alpha value is -0.570. The van der Waals surface area contributed by atoms with Crippen molar-refractivity contribution in [3.8, 4) is 0 Å². The number of rotatable bonds is 3. The molecule has 2 unspecified atom stereocenters. The van der Waals surface area contributed by atoms with Crippen LogP contribution in [0.1, 0.15) is 39.0 Å². The van der Waals surface area contributed by atoms with E-state index in [9.17, 15) is 4.79 Å². The van der Waals surface area contributed by atoms with Crippen LogP contribution < -0.4 is 11.1 Å². The molecule has 0 aromatic heterocycles. The zero-order chi connectivity index (χ0) is 9.47. The third kappa shape index (κ3) is 1.57. The summed E-state index contributed by atoms with van der Waals surface area (Å²) in [6.45, 7) is 2.17. The van der Waals surface area contributed by atoms with E-state index in [0.717, 1.165) is 25.7 Å². The Morgan fingerprint density at radius 2 is 2.31 bits per heavy atom. The Kier molecular flexibility index (Phi) is 2.06. The lowest BCUT2D eigenvalue weighted by Crippen LogP contribution is -2.59. The number of hydrogen-bond donors (Lipinski definition) is 2. The summed E-state index contributed by atoms with van der Waals surface area (Å²) in [6, 6.07) is 0.429. The van der Waals surface area contributed by atoms with Gasteiger partial charge in [-0.3, -0.25) is 4.79 Å². The van der Waals surface area contributed by atoms with Crippen molar-refractivity contribution in [2.45, 2.75) is 50.6 Å². The molecule has 2 aliphatic carbocycles. The second-order valence-electron chi connectivity index (χ2n) is 4.49. The monoisotopic (exact) mass is 182 g/mol. The maximum Gasteiger partial charge on any atom is 0.240 e. The molecule has 1 amide bonds. The molecule has 2 aliphatic rings. The van der Waals surface area contributed by atoms with Crippen LogP contribution in [0.25, 0.3) is 0 Å². The third-order valence-electron chi connectivity index (χ3n) is 3.46. The van der Waals surface area contributed by atoms with Gasteiger partial charge in [0.15, 0.2) is 0 Å². The minimum atomic E-state index is -0.513. The Morgan fingerprint density at radius 3 is 2.69 bits per heavy atom. The summed E-state index contributed by atoms with van der Waals surface area (Å²) in [5.74, 6) is 0.798. The van der Waals surface area contributed by atoms with Crippen molar-refractivity contribution in [2.75, 3.05) is 0 Å². The summed E-state index contributed by atoms with van der Waals surface area (Å²) in [7, 11) is 0. The summed E-state index contributed by atoms with van der Waals surface area (Å²) in [4.78, 5) is 11.6. The molecule has 2 atom stereocenters. The van der Waals surface area contributed by atoms with Crippen LogP contribution in [0.4, 0.5) is 0 Å². The molecule has 0 aliphatic heterocycles. The Balaban J connectivity index is 1.79. The van der Waals surface area contributed by atoms with Crippen molar-refractivity contribution in [3.05, 3.63) is 0 Å². The summed E-state index contributed by atoms with van der Waals surface area (Å²) < 4.78 is 0. The summed E-state index contributed by atoms with van der Waals surface area (Å²) in [5.41, 5.74) is 5.38. The standard InChI is InChI=1S/C10H18N2O/c1-2-7-6-8(7)12-9(13)10(11)4-3-5-10/h7-8H,2-6,11H2,1H3,(H,12,13). The van der Waals surface area contributed by atoms with Crippen molar-refractivity contribution in [1.29, 1.82) is 0 Å². The minimum absolute atomic E-state index is 0.0831. The average molecular weight is 182 g/mol. The fraction of sp³-hybridized carbons (Fsp3) is 0.900. The fourth-order valence-corrected chi connectivity index (χ4v) is 1.97. The van der Waals surface area contributed by atoms with Gasteiger partial charge in [-0.2, -0.15) is 0 Å². The molecule has 0 aromatic carbocycles. The Labute approximate surface area is 79.1 Å². The number of nitrogens with one attached hydrogen (secondary N) is 1. The number of nitrogens with two attached hydrogens (primary N) is 1. The SMILES string of the molecule is CCC1CC1NC(=O)C1(N)CCC1. The molecule has 0 bridgehead atoms. The lowest BCUT2D eigenvalue weighted by Gasteiger charge is -2.36. The molecule has 0 saturated heterocycles. The van der Waals surface area contributed by atoms with Crippen LogP contribution in [0.5, 0.6) is 0 Å². The van der Waals surface area contributed by atoms with E-state index in [1.54, 1.807) is 0 Å². The molecule has 0 radical (unpaired) electrons. The molecule has 74 valence electrons. The van der Waals surface area contributed by atoms with E-state index in [1.165, 1.54) is 6.42 Å². The van der Waals surface area contributed by atoms with Gasteiger partial charge in [0.2, 0.25) is 5.91 Å². The van der Waals surface area contributed by atoms with E-state index in [-0.39, 0.29) is 5.91 Å². The van der Waals surface area contributed by atoms with Gasteiger partial charge in [-0.25, -0.2) is 0 Å². The largest absolute Gasteiger partial charge is 0.351 e. The third-order valence-corrected chi connectivity index (χ3v) is 3.46. The molecule has 2 fully saturated rings. The van der Waals surface area contributed by atoms with E-state index in [1.807, 2.05) is 0 Å². The van der Waals surface area contributed by atoms with Crippen molar-refractivity contribution in [1.82, 2.24) is 5.32 Å². The first-order valence-electron chi connectivity index (χ1n) is 5.25. The molecular formula is C10H18N2O. The van der Waals surface area contributed by atoms with Gasteiger partial charge in [-0.15, -0.1) is 0 Å². The van der Waals surface area contributed by atoms with Gasteiger partial charge in [-0.1, -0.05) is 13.3 Å². The van der Waals surface area contributed by atoms with E-state index in [2.05, 4.69) is 12.2 Å². The molecular weight excluding hydrogens is 164 g/mol. The molecule has 0 heterocycles. The molecule has 0 aromatic rings. The maximum absolute atomic E-state index is 11.6. The van der Waals surface area contributed by atoms with Crippen molar-refractivity contribution >= 4 is 5.91 Å². The van der Waals surface area contributed by atoms with Crippen LogP contribution in [0.2, 0.25) is 0 Å². The normalized spacial score (nSPS) is 34.9. The Morgan fingerprint density at radius 1 is 1.62 bits per heavy atom.